The summed E-state index contributed by atoms with van der Waals surface area (Å²) in [6, 6.07) is 3.93. The zero-order valence-electron chi connectivity index (χ0n) is 10.9. The van der Waals surface area contributed by atoms with Crippen molar-refractivity contribution in [2.24, 2.45) is 0 Å². The average Bonchev–Trinajstić information content (AvgIpc) is 2.43. The van der Waals surface area contributed by atoms with E-state index in [0.29, 0.717) is 8.94 Å². The van der Waals surface area contributed by atoms with E-state index < -0.39 is 16.0 Å². The quantitative estimate of drug-likeness (QED) is 0.589. The third kappa shape index (κ3) is 3.76. The number of esters is 1. The maximum Gasteiger partial charge on any atom is 0.339 e. The molecule has 0 unspecified atom stereocenters. The lowest BCUT2D eigenvalue weighted by Crippen LogP contribution is -2.26. The number of sulfonamides is 1. The van der Waals surface area contributed by atoms with Gasteiger partial charge in [0.2, 0.25) is 0 Å². The van der Waals surface area contributed by atoms with Crippen LogP contribution in [0.3, 0.4) is 0 Å². The third-order valence-corrected chi connectivity index (χ3v) is 4.74. The Bertz CT molecular complexity index is 589. The van der Waals surface area contributed by atoms with Crippen molar-refractivity contribution in [3.63, 3.8) is 0 Å². The molecule has 112 valence electrons. The molecule has 0 aliphatic rings. The molecule has 0 aromatic heterocycles. The van der Waals surface area contributed by atoms with E-state index in [-0.39, 0.29) is 23.7 Å². The number of aliphatic hydroxyl groups excluding tert-OH is 1. The lowest BCUT2D eigenvalue weighted by atomic mass is 10.2. The van der Waals surface area contributed by atoms with Gasteiger partial charge in [0.15, 0.2) is 0 Å². The van der Waals surface area contributed by atoms with Crippen LogP contribution in [0.25, 0.3) is 0 Å². The molecule has 1 aromatic rings. The third-order valence-electron chi connectivity index (χ3n) is 2.38. The number of halogens is 1. The van der Waals surface area contributed by atoms with Crippen molar-refractivity contribution in [1.29, 1.82) is 0 Å². The zero-order chi connectivity index (χ0) is 15.3. The number of ether oxygens (including phenoxy) is 1. The highest BCUT2D eigenvalue weighted by Gasteiger charge is 2.23. The van der Waals surface area contributed by atoms with Crippen LogP contribution in [0.2, 0.25) is 0 Å². The number of aliphatic hydroxyl groups is 1. The summed E-state index contributed by atoms with van der Waals surface area (Å²) < 4.78 is 29.9. The van der Waals surface area contributed by atoms with Gasteiger partial charge in [-0.05, 0) is 34.1 Å². The number of hydrogen-bond donors (Lipinski definition) is 1. The first-order chi connectivity index (χ1) is 9.34. The van der Waals surface area contributed by atoms with Crippen molar-refractivity contribution in [3.05, 3.63) is 28.2 Å². The molecule has 0 radical (unpaired) electrons. The molecule has 0 amide bonds. The first-order valence-corrected chi connectivity index (χ1v) is 7.68. The Morgan fingerprint density at radius 2 is 2.10 bits per heavy atom. The highest BCUT2D eigenvalue weighted by atomic mass is 79.9. The topological polar surface area (TPSA) is 93.1 Å². The Hall–Kier alpha value is -1.00. The Morgan fingerprint density at radius 3 is 2.65 bits per heavy atom. The number of carbonyl (C=O) groups excluding carboxylic acids is 1. The number of rotatable bonds is 6. The molecule has 0 atom stereocenters. The predicted molar refractivity (Wildman–Crippen MR) is 73.5 cm³/mol. The van der Waals surface area contributed by atoms with Gasteiger partial charge in [-0.2, -0.15) is 0 Å². The number of hydrogen-bond acceptors (Lipinski definition) is 6. The first-order valence-electron chi connectivity index (χ1n) is 5.45. The molecule has 1 rings (SSSR count). The molecule has 9 heteroatoms. The van der Waals surface area contributed by atoms with Crippen LogP contribution in [0, 0.1) is 0 Å². The SMILES string of the molecule is CON(C)S(=O)(=O)c1ccc(Br)c(C(=O)OCCO)c1. The molecule has 0 fully saturated rings. The summed E-state index contributed by atoms with van der Waals surface area (Å²) in [7, 11) is -1.40. The lowest BCUT2D eigenvalue weighted by molar-refractivity contribution is -0.0258. The molecule has 0 heterocycles. The maximum atomic E-state index is 12.1. The van der Waals surface area contributed by atoms with Crippen LogP contribution in [0.1, 0.15) is 10.4 Å². The summed E-state index contributed by atoms with van der Waals surface area (Å²) in [5.74, 6) is -0.733. The van der Waals surface area contributed by atoms with E-state index >= 15 is 0 Å². The standard InChI is InChI=1S/C11H14BrNO6S/c1-13(18-2)20(16,17)8-3-4-10(12)9(7-8)11(15)19-6-5-14/h3-4,7,14H,5-6H2,1-2H3. The van der Waals surface area contributed by atoms with Crippen LogP contribution in [-0.2, 0) is 19.6 Å². The Balaban J connectivity index is 3.18. The largest absolute Gasteiger partial charge is 0.460 e. The van der Waals surface area contributed by atoms with E-state index in [1.807, 2.05) is 0 Å². The van der Waals surface area contributed by atoms with Gasteiger partial charge in [0.05, 0.1) is 24.2 Å². The van der Waals surface area contributed by atoms with E-state index in [2.05, 4.69) is 20.8 Å². The van der Waals surface area contributed by atoms with Crippen molar-refractivity contribution in [2.75, 3.05) is 27.4 Å². The van der Waals surface area contributed by atoms with E-state index in [9.17, 15) is 13.2 Å². The monoisotopic (exact) mass is 367 g/mol. The van der Waals surface area contributed by atoms with Crippen molar-refractivity contribution >= 4 is 31.9 Å². The minimum Gasteiger partial charge on any atom is -0.460 e. The van der Waals surface area contributed by atoms with Crippen LogP contribution in [0.5, 0.6) is 0 Å². The first kappa shape index (κ1) is 17.1. The predicted octanol–water partition coefficient (Wildman–Crippen LogP) is 0.780. The second-order valence-electron chi connectivity index (χ2n) is 3.60. The van der Waals surface area contributed by atoms with Crippen molar-refractivity contribution in [2.45, 2.75) is 4.90 Å². The normalized spacial score (nSPS) is 11.7. The number of benzene rings is 1. The van der Waals surface area contributed by atoms with Crippen molar-refractivity contribution in [3.8, 4) is 0 Å². The molecule has 1 aromatic carbocycles. The van der Waals surface area contributed by atoms with Gasteiger partial charge in [0.1, 0.15) is 6.61 Å². The molecule has 1 N–H and O–H groups in total. The lowest BCUT2D eigenvalue weighted by Gasteiger charge is -2.15. The second-order valence-corrected chi connectivity index (χ2v) is 6.39. The maximum absolute atomic E-state index is 12.1. The minimum absolute atomic E-state index is 0.0454. The highest BCUT2D eigenvalue weighted by Crippen LogP contribution is 2.23. The summed E-state index contributed by atoms with van der Waals surface area (Å²) in [5, 5.41) is 8.61. The molecule has 0 saturated heterocycles. The minimum atomic E-state index is -3.85. The number of hydroxylamine groups is 1. The molecule has 20 heavy (non-hydrogen) atoms. The van der Waals surface area contributed by atoms with Gasteiger partial charge in [0, 0.05) is 11.5 Å². The van der Waals surface area contributed by atoms with Crippen LogP contribution in [0.15, 0.2) is 27.6 Å². The fourth-order valence-electron chi connectivity index (χ4n) is 1.28. The molecule has 0 bridgehead atoms. The summed E-state index contributed by atoms with van der Waals surface area (Å²) in [6.07, 6.45) is 0. The highest BCUT2D eigenvalue weighted by molar-refractivity contribution is 9.10. The number of carbonyl (C=O) groups is 1. The van der Waals surface area contributed by atoms with E-state index in [0.717, 1.165) is 0 Å². The Morgan fingerprint density at radius 1 is 1.45 bits per heavy atom. The van der Waals surface area contributed by atoms with Crippen molar-refractivity contribution in [1.82, 2.24) is 4.47 Å². The Kier molecular flexibility index (Phi) is 6.08. The van der Waals surface area contributed by atoms with E-state index in [1.54, 1.807) is 0 Å². The molecule has 0 aliphatic heterocycles. The van der Waals surface area contributed by atoms with Gasteiger partial charge in [-0.15, -0.1) is 0 Å². The van der Waals surface area contributed by atoms with Crippen LogP contribution >= 0.6 is 15.9 Å². The molecule has 0 saturated carbocycles. The second kappa shape index (κ2) is 7.14. The van der Waals surface area contributed by atoms with Crippen LogP contribution in [0.4, 0.5) is 0 Å². The number of nitrogens with zero attached hydrogens (tertiary/aromatic N) is 1. The van der Waals surface area contributed by atoms with Gasteiger partial charge in [-0.3, -0.25) is 4.84 Å². The van der Waals surface area contributed by atoms with Crippen LogP contribution < -0.4 is 0 Å². The molecule has 7 nitrogen and oxygen atoms in total. The van der Waals surface area contributed by atoms with E-state index in [4.69, 9.17) is 9.84 Å². The van der Waals surface area contributed by atoms with Gasteiger partial charge < -0.3 is 9.84 Å². The smallest absolute Gasteiger partial charge is 0.339 e. The molecule has 0 aliphatic carbocycles. The molecule has 0 spiro atoms. The summed E-state index contributed by atoms with van der Waals surface area (Å²) in [6.45, 7) is -0.478. The molecular formula is C11H14BrNO6S. The summed E-state index contributed by atoms with van der Waals surface area (Å²) in [4.78, 5) is 16.3. The molecular weight excluding hydrogens is 354 g/mol. The van der Waals surface area contributed by atoms with Gasteiger partial charge in [-0.1, -0.05) is 4.47 Å². The van der Waals surface area contributed by atoms with Crippen LogP contribution in [-0.4, -0.2) is 51.3 Å². The summed E-state index contributed by atoms with van der Waals surface area (Å²) in [5.41, 5.74) is 0.0454. The average molecular weight is 368 g/mol. The van der Waals surface area contributed by atoms with Gasteiger partial charge in [0.25, 0.3) is 10.0 Å². The Labute approximate surface area is 125 Å². The van der Waals surface area contributed by atoms with Crippen molar-refractivity contribution < 1.29 is 27.9 Å². The van der Waals surface area contributed by atoms with E-state index in [1.165, 1.54) is 32.4 Å². The fraction of sp³-hybridized carbons (Fsp3) is 0.364. The zero-order valence-corrected chi connectivity index (χ0v) is 13.3. The van der Waals surface area contributed by atoms with Gasteiger partial charge in [-0.25, -0.2) is 13.2 Å². The summed E-state index contributed by atoms with van der Waals surface area (Å²) >= 11 is 3.14. The van der Waals surface area contributed by atoms with Gasteiger partial charge >= 0.3 is 5.97 Å². The fourth-order valence-corrected chi connectivity index (χ4v) is 2.69.